The van der Waals surface area contributed by atoms with Crippen molar-refractivity contribution in [3.8, 4) is 0 Å². The molecular formula is C19H16Cl2N4O2S. The zero-order chi connectivity index (χ0) is 20.0. The highest BCUT2D eigenvalue weighted by molar-refractivity contribution is 8.06. The first-order valence-electron chi connectivity index (χ1n) is 8.12. The van der Waals surface area contributed by atoms with Crippen LogP contribution in [-0.2, 0) is 9.84 Å². The lowest BCUT2D eigenvalue weighted by atomic mass is 10.3. The lowest BCUT2D eigenvalue weighted by molar-refractivity contribution is 0.606. The molecule has 0 heterocycles. The van der Waals surface area contributed by atoms with Gasteiger partial charge in [-0.05, 0) is 60.7 Å². The van der Waals surface area contributed by atoms with Crippen LogP contribution in [0.3, 0.4) is 0 Å². The molecule has 0 aromatic heterocycles. The average molecular weight is 435 g/mol. The number of sulfone groups is 1. The molecule has 0 bridgehead atoms. The van der Waals surface area contributed by atoms with Crippen molar-refractivity contribution < 1.29 is 8.42 Å². The largest absolute Gasteiger partial charge is 0.299 e. The van der Waals surface area contributed by atoms with Crippen molar-refractivity contribution in [3.63, 3.8) is 0 Å². The molecule has 28 heavy (non-hydrogen) atoms. The van der Waals surface area contributed by atoms with Crippen molar-refractivity contribution in [2.75, 3.05) is 10.9 Å². The number of hydrazone groups is 1. The van der Waals surface area contributed by atoms with E-state index in [4.69, 9.17) is 23.2 Å². The second-order valence-corrected chi connectivity index (χ2v) is 8.35. The van der Waals surface area contributed by atoms with Crippen molar-refractivity contribution in [2.24, 2.45) is 5.10 Å². The number of nitrogens with one attached hydrogen (secondary N) is 3. The molecule has 0 aliphatic carbocycles. The minimum absolute atomic E-state index is 0.108. The highest BCUT2D eigenvalue weighted by Gasteiger charge is 2.23. The molecule has 0 saturated carbocycles. The van der Waals surface area contributed by atoms with E-state index in [0.29, 0.717) is 21.4 Å². The molecule has 3 rings (SSSR count). The van der Waals surface area contributed by atoms with E-state index in [-0.39, 0.29) is 10.1 Å². The summed E-state index contributed by atoms with van der Waals surface area (Å²) in [7, 11) is -3.90. The molecule has 0 amide bonds. The fourth-order valence-electron chi connectivity index (χ4n) is 2.17. The van der Waals surface area contributed by atoms with Gasteiger partial charge in [0.1, 0.15) is 0 Å². The summed E-state index contributed by atoms with van der Waals surface area (Å²) in [5.41, 5.74) is 9.39. The maximum Gasteiger partial charge on any atom is 0.262 e. The first kappa shape index (κ1) is 20.0. The molecule has 144 valence electrons. The predicted molar refractivity (Wildman–Crippen MR) is 114 cm³/mol. The van der Waals surface area contributed by atoms with Crippen LogP contribution < -0.4 is 16.3 Å². The van der Waals surface area contributed by atoms with Gasteiger partial charge in [-0.3, -0.25) is 16.3 Å². The molecule has 3 aromatic carbocycles. The van der Waals surface area contributed by atoms with Gasteiger partial charge in [-0.25, -0.2) is 8.42 Å². The van der Waals surface area contributed by atoms with E-state index in [9.17, 15) is 8.42 Å². The molecule has 0 spiro atoms. The quantitative estimate of drug-likeness (QED) is 0.306. The highest BCUT2D eigenvalue weighted by Crippen LogP contribution is 2.16. The molecule has 0 aliphatic rings. The Hall–Kier alpha value is -2.74. The van der Waals surface area contributed by atoms with E-state index in [1.165, 1.54) is 12.1 Å². The molecule has 0 saturated heterocycles. The van der Waals surface area contributed by atoms with Crippen LogP contribution in [0, 0.1) is 0 Å². The summed E-state index contributed by atoms with van der Waals surface area (Å²) in [6.45, 7) is 0. The molecule has 0 fully saturated rings. The van der Waals surface area contributed by atoms with Gasteiger partial charge in [0.05, 0.1) is 16.3 Å². The van der Waals surface area contributed by atoms with Crippen LogP contribution in [0.4, 0.5) is 11.4 Å². The number of hydrogen-bond donors (Lipinski definition) is 3. The maximum atomic E-state index is 13.0. The van der Waals surface area contributed by atoms with Crippen LogP contribution >= 0.6 is 23.2 Å². The van der Waals surface area contributed by atoms with Crippen molar-refractivity contribution in [1.29, 1.82) is 0 Å². The van der Waals surface area contributed by atoms with Crippen LogP contribution in [0.25, 0.3) is 0 Å². The first-order chi connectivity index (χ1) is 13.4. The van der Waals surface area contributed by atoms with Gasteiger partial charge in [-0.1, -0.05) is 41.4 Å². The molecule has 0 atom stereocenters. The minimum Gasteiger partial charge on any atom is -0.299 e. The number of hydrogen-bond acceptors (Lipinski definition) is 5. The minimum atomic E-state index is -3.90. The van der Waals surface area contributed by atoms with E-state index in [1.54, 1.807) is 66.7 Å². The Bertz CT molecular complexity index is 1060. The number of rotatable bonds is 5. The van der Waals surface area contributed by atoms with Crippen molar-refractivity contribution >= 4 is 49.6 Å². The number of hydrazine groups is 1. The average Bonchev–Trinajstić information content (AvgIpc) is 2.71. The normalized spacial score (nSPS) is 11.7. The van der Waals surface area contributed by atoms with Gasteiger partial charge in [-0.2, -0.15) is 0 Å². The molecule has 0 aliphatic heterocycles. The van der Waals surface area contributed by atoms with Crippen LogP contribution in [0.15, 0.2) is 88.9 Å². The monoisotopic (exact) mass is 434 g/mol. The highest BCUT2D eigenvalue weighted by atomic mass is 35.5. The van der Waals surface area contributed by atoms with Gasteiger partial charge < -0.3 is 0 Å². The van der Waals surface area contributed by atoms with Crippen LogP contribution in [-0.4, -0.2) is 13.6 Å². The van der Waals surface area contributed by atoms with Gasteiger partial charge in [0.25, 0.3) is 5.17 Å². The number of anilines is 2. The summed E-state index contributed by atoms with van der Waals surface area (Å²) < 4.78 is 25.9. The lowest BCUT2D eigenvalue weighted by Crippen LogP contribution is -2.36. The van der Waals surface area contributed by atoms with Crippen LogP contribution in [0.2, 0.25) is 10.0 Å². The van der Waals surface area contributed by atoms with Crippen LogP contribution in [0.5, 0.6) is 0 Å². The summed E-state index contributed by atoms with van der Waals surface area (Å²) in [5, 5.41) is 4.87. The standard InChI is InChI=1S/C19H16Cl2N4O2S/c20-14-6-10-16(11-7-14)22-24-19(25-23-17-12-8-15(21)9-13-17)28(26,27)18-4-2-1-3-5-18/h1-13,22-23H,(H,24,25). The summed E-state index contributed by atoms with van der Waals surface area (Å²) in [6.07, 6.45) is 0. The van der Waals surface area contributed by atoms with Gasteiger partial charge in [0.15, 0.2) is 0 Å². The number of halogens is 2. The third kappa shape index (κ3) is 5.16. The summed E-state index contributed by atoms with van der Waals surface area (Å²) >= 11 is 11.7. The molecule has 6 nitrogen and oxygen atoms in total. The van der Waals surface area contributed by atoms with Crippen molar-refractivity contribution in [2.45, 2.75) is 4.90 Å². The Morgan fingerprint density at radius 1 is 0.750 bits per heavy atom. The molecule has 3 N–H and O–H groups in total. The third-order valence-corrected chi connectivity index (χ3v) is 5.70. The molecule has 0 unspecified atom stereocenters. The van der Waals surface area contributed by atoms with E-state index < -0.39 is 9.84 Å². The van der Waals surface area contributed by atoms with Crippen molar-refractivity contribution in [3.05, 3.63) is 88.9 Å². The van der Waals surface area contributed by atoms with E-state index in [0.717, 1.165) is 0 Å². The number of benzene rings is 3. The van der Waals surface area contributed by atoms with Gasteiger partial charge in [0.2, 0.25) is 9.84 Å². The first-order valence-corrected chi connectivity index (χ1v) is 10.4. The summed E-state index contributed by atoms with van der Waals surface area (Å²) in [6, 6.07) is 21.5. The SMILES string of the molecule is O=S(=O)(/C(=N/Nc1ccc(Cl)cc1)NNc1ccc(Cl)cc1)c1ccccc1. The fourth-order valence-corrected chi connectivity index (χ4v) is 3.51. The Labute approximate surface area is 173 Å². The van der Waals surface area contributed by atoms with Gasteiger partial charge >= 0.3 is 0 Å². The van der Waals surface area contributed by atoms with Gasteiger partial charge in [0, 0.05) is 10.0 Å². The van der Waals surface area contributed by atoms with E-state index in [2.05, 4.69) is 21.4 Å². The Morgan fingerprint density at radius 3 is 1.86 bits per heavy atom. The van der Waals surface area contributed by atoms with Crippen LogP contribution in [0.1, 0.15) is 0 Å². The Morgan fingerprint density at radius 2 is 1.29 bits per heavy atom. The topological polar surface area (TPSA) is 82.6 Å². The summed E-state index contributed by atoms with van der Waals surface area (Å²) in [4.78, 5) is 0.108. The molecule has 0 radical (unpaired) electrons. The second-order valence-electron chi connectivity index (χ2n) is 5.61. The number of amidine groups is 1. The van der Waals surface area contributed by atoms with E-state index in [1.807, 2.05) is 0 Å². The number of nitrogens with zero attached hydrogens (tertiary/aromatic N) is 1. The smallest absolute Gasteiger partial charge is 0.262 e. The zero-order valence-corrected chi connectivity index (χ0v) is 16.8. The molecule has 3 aromatic rings. The Balaban J connectivity index is 1.87. The second kappa shape index (κ2) is 8.97. The predicted octanol–water partition coefficient (Wildman–Crippen LogP) is 4.77. The third-order valence-electron chi connectivity index (χ3n) is 3.60. The summed E-state index contributed by atoms with van der Waals surface area (Å²) in [5.74, 6) is 0. The maximum absolute atomic E-state index is 13.0. The van der Waals surface area contributed by atoms with Gasteiger partial charge in [-0.15, -0.1) is 5.10 Å². The van der Waals surface area contributed by atoms with Crippen molar-refractivity contribution in [1.82, 2.24) is 5.43 Å². The zero-order valence-electron chi connectivity index (χ0n) is 14.4. The molecular weight excluding hydrogens is 419 g/mol. The lowest BCUT2D eigenvalue weighted by Gasteiger charge is -2.13. The fraction of sp³-hybridized carbons (Fsp3) is 0. The van der Waals surface area contributed by atoms with E-state index >= 15 is 0 Å². The molecule has 9 heteroatoms. The Kier molecular flexibility index (Phi) is 6.41.